The third-order valence-corrected chi connectivity index (χ3v) is 9.13. The SMILES string of the molecule is C1=CCC(C2(C3c4ccccc4-c4ccccc43)C3CC4CC(C3)CC2C4)=C1. The Morgan fingerprint density at radius 3 is 1.79 bits per heavy atom. The second-order valence-corrected chi connectivity index (χ2v) is 10.2. The number of benzene rings is 2. The summed E-state index contributed by atoms with van der Waals surface area (Å²) in [5, 5.41) is 0. The van der Waals surface area contributed by atoms with Crippen molar-refractivity contribution < 1.29 is 0 Å². The Morgan fingerprint density at radius 2 is 1.25 bits per heavy atom. The molecule has 6 aliphatic carbocycles. The molecule has 0 heterocycles. The zero-order chi connectivity index (χ0) is 18.3. The molecule has 4 saturated carbocycles. The van der Waals surface area contributed by atoms with Crippen LogP contribution in [0.25, 0.3) is 11.1 Å². The van der Waals surface area contributed by atoms with Crippen LogP contribution in [0.5, 0.6) is 0 Å². The Kier molecular flexibility index (Phi) is 3.10. The van der Waals surface area contributed by atoms with Crippen LogP contribution in [0, 0.1) is 29.1 Å². The van der Waals surface area contributed by atoms with Crippen molar-refractivity contribution in [3.63, 3.8) is 0 Å². The summed E-state index contributed by atoms with van der Waals surface area (Å²) >= 11 is 0. The van der Waals surface area contributed by atoms with Gasteiger partial charge in [0.15, 0.2) is 0 Å². The highest BCUT2D eigenvalue weighted by atomic mass is 14.7. The maximum atomic E-state index is 2.52. The molecule has 28 heavy (non-hydrogen) atoms. The summed E-state index contributed by atoms with van der Waals surface area (Å²) in [6.45, 7) is 0. The van der Waals surface area contributed by atoms with Crippen molar-refractivity contribution in [2.75, 3.05) is 0 Å². The summed E-state index contributed by atoms with van der Waals surface area (Å²) in [5.74, 6) is 4.33. The van der Waals surface area contributed by atoms with Crippen LogP contribution in [0.3, 0.4) is 0 Å². The molecule has 4 fully saturated rings. The van der Waals surface area contributed by atoms with Gasteiger partial charge in [-0.15, -0.1) is 0 Å². The normalized spacial score (nSPS) is 37.2. The minimum absolute atomic E-state index is 0.347. The second-order valence-electron chi connectivity index (χ2n) is 10.2. The topological polar surface area (TPSA) is 0 Å². The van der Waals surface area contributed by atoms with Crippen LogP contribution >= 0.6 is 0 Å². The molecule has 0 heteroatoms. The van der Waals surface area contributed by atoms with Crippen LogP contribution in [-0.4, -0.2) is 0 Å². The first-order valence-corrected chi connectivity index (χ1v) is 11.4. The summed E-state index contributed by atoms with van der Waals surface area (Å²) in [4.78, 5) is 0. The lowest BCUT2D eigenvalue weighted by Gasteiger charge is -2.64. The van der Waals surface area contributed by atoms with Gasteiger partial charge in [-0.05, 0) is 84.5 Å². The monoisotopic (exact) mass is 364 g/mol. The molecule has 4 bridgehead atoms. The Morgan fingerprint density at radius 1 is 0.679 bits per heavy atom. The smallest absolute Gasteiger partial charge is 0.0201 e. The van der Waals surface area contributed by atoms with Crippen molar-refractivity contribution in [1.82, 2.24) is 0 Å². The van der Waals surface area contributed by atoms with Crippen LogP contribution in [0.15, 0.2) is 72.3 Å². The first-order chi connectivity index (χ1) is 13.9. The van der Waals surface area contributed by atoms with Gasteiger partial charge < -0.3 is 0 Å². The first kappa shape index (κ1) is 15.8. The molecule has 0 radical (unpaired) electrons. The van der Waals surface area contributed by atoms with E-state index in [0.717, 1.165) is 23.7 Å². The van der Waals surface area contributed by atoms with Crippen molar-refractivity contribution in [2.45, 2.75) is 44.4 Å². The molecule has 0 atom stereocenters. The van der Waals surface area contributed by atoms with E-state index in [2.05, 4.69) is 66.8 Å². The van der Waals surface area contributed by atoms with Crippen molar-refractivity contribution in [1.29, 1.82) is 0 Å². The molecule has 0 N–H and O–H groups in total. The molecule has 140 valence electrons. The highest BCUT2D eigenvalue weighted by molar-refractivity contribution is 5.79. The first-order valence-electron chi connectivity index (χ1n) is 11.4. The molecule has 6 aliphatic rings. The fraction of sp³-hybridized carbons (Fsp3) is 0.429. The molecule has 0 unspecified atom stereocenters. The lowest BCUT2D eigenvalue weighted by Crippen LogP contribution is -2.56. The quantitative estimate of drug-likeness (QED) is 0.532. The second kappa shape index (κ2) is 5.50. The van der Waals surface area contributed by atoms with E-state index in [0.29, 0.717) is 11.3 Å². The average Bonchev–Trinajstić information content (AvgIpc) is 3.36. The van der Waals surface area contributed by atoms with Crippen molar-refractivity contribution in [3.8, 4) is 11.1 Å². The fourth-order valence-corrected chi connectivity index (χ4v) is 8.58. The molecular formula is C28H28. The summed E-state index contributed by atoms with van der Waals surface area (Å²) in [6, 6.07) is 18.7. The minimum atomic E-state index is 0.347. The van der Waals surface area contributed by atoms with Crippen LogP contribution in [0.4, 0.5) is 0 Å². The van der Waals surface area contributed by atoms with Crippen LogP contribution in [0.2, 0.25) is 0 Å². The fourth-order valence-electron chi connectivity index (χ4n) is 8.58. The Bertz CT molecular complexity index is 946. The van der Waals surface area contributed by atoms with E-state index < -0.39 is 0 Å². The third-order valence-electron chi connectivity index (χ3n) is 9.13. The van der Waals surface area contributed by atoms with Crippen LogP contribution in [0.1, 0.15) is 55.6 Å². The maximum absolute atomic E-state index is 2.52. The summed E-state index contributed by atoms with van der Waals surface area (Å²) in [7, 11) is 0. The zero-order valence-electron chi connectivity index (χ0n) is 16.5. The molecule has 8 rings (SSSR count). The minimum Gasteiger partial charge on any atom is -0.0804 e. The van der Waals surface area contributed by atoms with Gasteiger partial charge in [0.1, 0.15) is 0 Å². The van der Waals surface area contributed by atoms with Gasteiger partial charge in [-0.3, -0.25) is 0 Å². The Balaban J connectivity index is 1.51. The predicted octanol–water partition coefficient (Wildman–Crippen LogP) is 7.13. The number of fused-ring (bicyclic) bond motifs is 3. The molecular weight excluding hydrogens is 336 g/mol. The van der Waals surface area contributed by atoms with E-state index in [4.69, 9.17) is 0 Å². The zero-order valence-corrected chi connectivity index (χ0v) is 16.5. The average molecular weight is 365 g/mol. The van der Waals surface area contributed by atoms with Gasteiger partial charge in [-0.2, -0.15) is 0 Å². The van der Waals surface area contributed by atoms with E-state index >= 15 is 0 Å². The lowest BCUT2D eigenvalue weighted by atomic mass is 9.39. The van der Waals surface area contributed by atoms with Gasteiger partial charge in [0, 0.05) is 11.3 Å². The van der Waals surface area contributed by atoms with Gasteiger partial charge in [0.25, 0.3) is 0 Å². The van der Waals surface area contributed by atoms with Gasteiger partial charge in [-0.1, -0.05) is 72.3 Å². The number of rotatable bonds is 2. The molecule has 0 aliphatic heterocycles. The van der Waals surface area contributed by atoms with Crippen molar-refractivity contribution in [2.24, 2.45) is 29.1 Å². The molecule has 0 amide bonds. The number of hydrogen-bond acceptors (Lipinski definition) is 0. The molecule has 0 nitrogen and oxygen atoms in total. The van der Waals surface area contributed by atoms with Crippen molar-refractivity contribution >= 4 is 0 Å². The van der Waals surface area contributed by atoms with E-state index in [1.54, 1.807) is 16.7 Å². The van der Waals surface area contributed by atoms with Gasteiger partial charge in [0.05, 0.1) is 0 Å². The lowest BCUT2D eigenvalue weighted by molar-refractivity contribution is -0.0957. The van der Waals surface area contributed by atoms with Gasteiger partial charge in [-0.25, -0.2) is 0 Å². The van der Waals surface area contributed by atoms with E-state index in [9.17, 15) is 0 Å². The molecule has 2 aromatic rings. The predicted molar refractivity (Wildman–Crippen MR) is 115 cm³/mol. The Labute approximate surface area is 168 Å². The number of hydrogen-bond donors (Lipinski definition) is 0. The standard InChI is InChI=1S/C28H28/c1-2-8-20(7-1)28(21-14-18-13-19(16-21)17-22(28)15-18)27-25-11-5-3-9-23(25)24-10-4-6-12-26(24)27/h1-7,9-12,18-19,21-22,27H,8,13-17H2. The largest absolute Gasteiger partial charge is 0.0804 e. The summed E-state index contributed by atoms with van der Waals surface area (Å²) in [6.07, 6.45) is 15.9. The van der Waals surface area contributed by atoms with E-state index in [1.165, 1.54) is 49.7 Å². The summed E-state index contributed by atoms with van der Waals surface area (Å²) < 4.78 is 0. The van der Waals surface area contributed by atoms with Crippen LogP contribution in [-0.2, 0) is 0 Å². The highest BCUT2D eigenvalue weighted by Crippen LogP contribution is 2.72. The maximum Gasteiger partial charge on any atom is 0.0201 e. The van der Waals surface area contributed by atoms with Gasteiger partial charge >= 0.3 is 0 Å². The molecule has 0 saturated heterocycles. The van der Waals surface area contributed by atoms with Gasteiger partial charge in [0.2, 0.25) is 0 Å². The summed E-state index contributed by atoms with van der Waals surface area (Å²) in [5.41, 5.74) is 8.34. The third kappa shape index (κ3) is 1.83. The molecule has 0 aromatic heterocycles. The highest BCUT2D eigenvalue weighted by Gasteiger charge is 2.63. The molecule has 2 aromatic carbocycles. The molecule has 0 spiro atoms. The van der Waals surface area contributed by atoms with E-state index in [1.807, 2.05) is 0 Å². The Hall–Kier alpha value is -2.08. The van der Waals surface area contributed by atoms with Crippen molar-refractivity contribution in [3.05, 3.63) is 83.5 Å². The number of allylic oxidation sites excluding steroid dienone is 4. The van der Waals surface area contributed by atoms with Crippen LogP contribution < -0.4 is 0 Å². The van der Waals surface area contributed by atoms with E-state index in [-0.39, 0.29) is 0 Å².